The molecule has 100 valence electrons. The van der Waals surface area contributed by atoms with E-state index in [0.717, 1.165) is 0 Å². The van der Waals surface area contributed by atoms with E-state index >= 15 is 0 Å². The molecule has 0 atom stereocenters. The summed E-state index contributed by atoms with van der Waals surface area (Å²) in [5.41, 5.74) is 5.26. The van der Waals surface area contributed by atoms with Gasteiger partial charge in [-0.25, -0.2) is 0 Å². The molecule has 0 saturated carbocycles. The number of likely N-dealkylation sites (N-methyl/N-ethyl adjacent to an activating group) is 1. The number of nitrogens with two attached hydrogens (primary N) is 1. The number of hydrogen-bond acceptors (Lipinski definition) is 2. The zero-order valence-electron chi connectivity index (χ0n) is 10.5. The van der Waals surface area contributed by atoms with Crippen LogP contribution in [-0.2, 0) is 5.92 Å². The van der Waals surface area contributed by atoms with Crippen molar-refractivity contribution in [2.75, 3.05) is 19.6 Å². The molecule has 0 unspecified atom stereocenters. The van der Waals surface area contributed by atoms with Crippen LogP contribution in [0.15, 0.2) is 30.3 Å². The topological polar surface area (TPSA) is 53.1 Å². The molecule has 0 amide bonds. The van der Waals surface area contributed by atoms with E-state index in [2.05, 4.69) is 0 Å². The quantitative estimate of drug-likeness (QED) is 0.580. The fourth-order valence-electron chi connectivity index (χ4n) is 1.68. The lowest BCUT2D eigenvalue weighted by Gasteiger charge is -2.26. The third-order valence-electron chi connectivity index (χ3n) is 2.76. The number of nitrogens with zero attached hydrogens (tertiary/aromatic N) is 1. The number of halogens is 2. The summed E-state index contributed by atoms with van der Waals surface area (Å²) >= 11 is 0. The molecule has 0 aliphatic carbocycles. The highest BCUT2D eigenvalue weighted by atomic mass is 19.3. The van der Waals surface area contributed by atoms with Gasteiger partial charge in [-0.2, -0.15) is 8.78 Å². The van der Waals surface area contributed by atoms with Gasteiger partial charge in [0.25, 0.3) is 5.92 Å². The molecule has 1 aromatic carbocycles. The van der Waals surface area contributed by atoms with Crippen LogP contribution in [0.2, 0.25) is 0 Å². The monoisotopic (exact) mass is 255 g/mol. The van der Waals surface area contributed by atoms with Crippen LogP contribution in [0.25, 0.3) is 0 Å². The van der Waals surface area contributed by atoms with Crippen molar-refractivity contribution in [3.05, 3.63) is 35.9 Å². The first-order valence-electron chi connectivity index (χ1n) is 5.94. The minimum absolute atomic E-state index is 0.0197. The van der Waals surface area contributed by atoms with E-state index in [-0.39, 0.29) is 17.9 Å². The van der Waals surface area contributed by atoms with Crippen LogP contribution in [0.1, 0.15) is 18.9 Å². The van der Waals surface area contributed by atoms with E-state index in [9.17, 15) is 8.78 Å². The summed E-state index contributed by atoms with van der Waals surface area (Å²) in [7, 11) is 0. The van der Waals surface area contributed by atoms with Gasteiger partial charge in [0.1, 0.15) is 0 Å². The van der Waals surface area contributed by atoms with E-state index in [0.29, 0.717) is 19.5 Å². The van der Waals surface area contributed by atoms with Gasteiger partial charge in [0.2, 0.25) is 0 Å². The van der Waals surface area contributed by atoms with Crippen LogP contribution in [0, 0.1) is 5.41 Å². The zero-order chi connectivity index (χ0) is 13.6. The van der Waals surface area contributed by atoms with Crippen LogP contribution >= 0.6 is 0 Å². The molecule has 0 spiro atoms. The summed E-state index contributed by atoms with van der Waals surface area (Å²) in [6.07, 6.45) is 0.318. The van der Waals surface area contributed by atoms with Crippen LogP contribution in [0.4, 0.5) is 8.78 Å². The highest BCUT2D eigenvalue weighted by Crippen LogP contribution is 2.28. The molecule has 3 N–H and O–H groups in total. The summed E-state index contributed by atoms with van der Waals surface area (Å²) in [6, 6.07) is 7.79. The average molecular weight is 255 g/mol. The third kappa shape index (κ3) is 4.41. The van der Waals surface area contributed by atoms with Crippen molar-refractivity contribution >= 4 is 5.84 Å². The Balaban J connectivity index is 2.65. The van der Waals surface area contributed by atoms with Gasteiger partial charge in [-0.3, -0.25) is 10.3 Å². The number of amidine groups is 1. The average Bonchev–Trinajstić information content (AvgIpc) is 2.35. The van der Waals surface area contributed by atoms with Crippen molar-refractivity contribution < 1.29 is 8.78 Å². The molecule has 18 heavy (non-hydrogen) atoms. The van der Waals surface area contributed by atoms with Gasteiger partial charge >= 0.3 is 0 Å². The van der Waals surface area contributed by atoms with Crippen molar-refractivity contribution in [3.8, 4) is 0 Å². The molecule has 0 aliphatic heterocycles. The predicted octanol–water partition coefficient (Wildman–Crippen LogP) is 2.43. The first-order valence-corrected chi connectivity index (χ1v) is 5.94. The Morgan fingerprint density at radius 2 is 1.94 bits per heavy atom. The Morgan fingerprint density at radius 1 is 1.33 bits per heavy atom. The molecular formula is C13H19F2N3. The highest BCUT2D eigenvalue weighted by Gasteiger charge is 2.33. The minimum Gasteiger partial charge on any atom is -0.388 e. The lowest BCUT2D eigenvalue weighted by Crippen LogP contribution is -2.37. The minimum atomic E-state index is -2.88. The normalized spacial score (nSPS) is 11.8. The Labute approximate surface area is 106 Å². The standard InChI is InChI=1S/C13H19F2N3/c1-2-18(9-8-12(16)17)10-13(14,15)11-6-4-3-5-7-11/h3-7H,2,8-10H2,1H3,(H3,16,17). The lowest BCUT2D eigenvalue weighted by atomic mass is 10.1. The Bertz CT molecular complexity index is 379. The van der Waals surface area contributed by atoms with Gasteiger partial charge < -0.3 is 5.73 Å². The molecule has 3 nitrogen and oxygen atoms in total. The molecule has 0 fully saturated rings. The van der Waals surface area contributed by atoms with E-state index in [1.54, 1.807) is 23.1 Å². The summed E-state index contributed by atoms with van der Waals surface area (Å²) in [5.74, 6) is -2.86. The van der Waals surface area contributed by atoms with Crippen LogP contribution in [0.3, 0.4) is 0 Å². The molecule has 0 aliphatic rings. The molecule has 1 rings (SSSR count). The molecule has 0 heterocycles. The van der Waals surface area contributed by atoms with Crippen molar-refractivity contribution in [2.45, 2.75) is 19.3 Å². The summed E-state index contributed by atoms with van der Waals surface area (Å²) in [4.78, 5) is 1.61. The number of alkyl halides is 2. The van der Waals surface area contributed by atoms with Crippen LogP contribution < -0.4 is 5.73 Å². The number of hydrogen-bond donors (Lipinski definition) is 2. The SMILES string of the molecule is CCN(CCC(=N)N)CC(F)(F)c1ccccc1. The lowest BCUT2D eigenvalue weighted by molar-refractivity contribution is -0.0363. The molecule has 0 saturated heterocycles. The van der Waals surface area contributed by atoms with Gasteiger partial charge in [0.15, 0.2) is 0 Å². The van der Waals surface area contributed by atoms with Crippen molar-refractivity contribution in [2.24, 2.45) is 5.73 Å². The second kappa shape index (κ2) is 6.44. The molecule has 5 heteroatoms. The molecule has 0 bridgehead atoms. The van der Waals surface area contributed by atoms with Gasteiger partial charge in [-0.05, 0) is 6.54 Å². The van der Waals surface area contributed by atoms with Gasteiger partial charge in [0.05, 0.1) is 12.4 Å². The molecule has 0 aromatic heterocycles. The fraction of sp³-hybridized carbons (Fsp3) is 0.462. The maximum absolute atomic E-state index is 14.0. The van der Waals surface area contributed by atoms with Crippen LogP contribution in [-0.4, -0.2) is 30.4 Å². The summed E-state index contributed by atoms with van der Waals surface area (Å²) in [5, 5.41) is 7.12. The summed E-state index contributed by atoms with van der Waals surface area (Å²) < 4.78 is 28.0. The molecular weight excluding hydrogens is 236 g/mol. The Hall–Kier alpha value is -1.49. The molecule has 0 radical (unpaired) electrons. The Morgan fingerprint density at radius 3 is 2.44 bits per heavy atom. The fourth-order valence-corrected chi connectivity index (χ4v) is 1.68. The smallest absolute Gasteiger partial charge is 0.285 e. The van der Waals surface area contributed by atoms with Crippen molar-refractivity contribution in [1.29, 1.82) is 5.41 Å². The van der Waals surface area contributed by atoms with E-state index in [1.807, 2.05) is 6.92 Å². The zero-order valence-corrected chi connectivity index (χ0v) is 10.5. The third-order valence-corrected chi connectivity index (χ3v) is 2.76. The van der Waals surface area contributed by atoms with Gasteiger partial charge in [-0.1, -0.05) is 37.3 Å². The molecule has 1 aromatic rings. The van der Waals surface area contributed by atoms with Gasteiger partial charge in [0, 0.05) is 18.5 Å². The highest BCUT2D eigenvalue weighted by molar-refractivity contribution is 5.76. The van der Waals surface area contributed by atoms with Crippen LogP contribution in [0.5, 0.6) is 0 Å². The van der Waals surface area contributed by atoms with E-state index < -0.39 is 5.92 Å². The second-order valence-corrected chi connectivity index (χ2v) is 4.21. The first-order chi connectivity index (χ1) is 8.45. The van der Waals surface area contributed by atoms with Crippen molar-refractivity contribution in [3.63, 3.8) is 0 Å². The number of benzene rings is 1. The number of nitrogens with one attached hydrogen (secondary N) is 1. The number of rotatable bonds is 7. The first kappa shape index (κ1) is 14.6. The summed E-state index contributed by atoms with van der Waals surface area (Å²) in [6.45, 7) is 2.37. The maximum Gasteiger partial charge on any atom is 0.285 e. The predicted molar refractivity (Wildman–Crippen MR) is 69.0 cm³/mol. The van der Waals surface area contributed by atoms with E-state index in [1.165, 1.54) is 12.1 Å². The maximum atomic E-state index is 14.0. The van der Waals surface area contributed by atoms with Gasteiger partial charge in [-0.15, -0.1) is 0 Å². The Kier molecular flexibility index (Phi) is 5.22. The second-order valence-electron chi connectivity index (χ2n) is 4.21. The van der Waals surface area contributed by atoms with E-state index in [4.69, 9.17) is 11.1 Å². The largest absolute Gasteiger partial charge is 0.388 e. The van der Waals surface area contributed by atoms with Crippen molar-refractivity contribution in [1.82, 2.24) is 4.90 Å².